The van der Waals surface area contributed by atoms with E-state index in [-0.39, 0.29) is 30.9 Å². The first kappa shape index (κ1) is 16.0. The van der Waals surface area contributed by atoms with E-state index < -0.39 is 11.8 Å². The number of carbonyl (C=O) groups excluding carboxylic acids is 3. The van der Waals surface area contributed by atoms with Crippen molar-refractivity contribution >= 4 is 17.8 Å². The molecule has 0 saturated carbocycles. The van der Waals surface area contributed by atoms with Gasteiger partial charge in [-0.05, 0) is 12.0 Å². The number of β-lactam (4-membered cyclic amide) rings is 1. The summed E-state index contributed by atoms with van der Waals surface area (Å²) in [4.78, 5) is 39.6. The van der Waals surface area contributed by atoms with Crippen molar-refractivity contribution in [2.24, 2.45) is 5.92 Å². The summed E-state index contributed by atoms with van der Waals surface area (Å²) in [5.74, 6) is -2.08. The number of hydroxylamine groups is 1. The van der Waals surface area contributed by atoms with Crippen LogP contribution >= 0.6 is 0 Å². The van der Waals surface area contributed by atoms with Gasteiger partial charge in [0.25, 0.3) is 5.91 Å². The highest BCUT2D eigenvalue weighted by molar-refractivity contribution is 6.05. The van der Waals surface area contributed by atoms with Gasteiger partial charge >= 0.3 is 5.97 Å². The first-order valence-electron chi connectivity index (χ1n) is 6.94. The maximum absolute atomic E-state index is 11.9. The van der Waals surface area contributed by atoms with Crippen LogP contribution < -0.4 is 10.8 Å². The van der Waals surface area contributed by atoms with Crippen LogP contribution in [-0.4, -0.2) is 30.9 Å². The number of carbonyl (C=O) groups is 3. The predicted octanol–water partition coefficient (Wildman–Crippen LogP) is 0.302. The standard InChI is InChI=1S/C15H18N2O5/c1-21-12(18)8-7-11-13(14(19)16-11)15(20)17-22-9-10-5-3-2-4-6-10/h2-6,11,13H,7-9H2,1H3,(H,16,19)(H,17,20). The minimum atomic E-state index is -0.833. The van der Waals surface area contributed by atoms with E-state index in [1.54, 1.807) is 0 Å². The molecular weight excluding hydrogens is 288 g/mol. The zero-order valence-electron chi connectivity index (χ0n) is 12.2. The number of amides is 2. The van der Waals surface area contributed by atoms with Gasteiger partial charge in [0.05, 0.1) is 19.8 Å². The molecule has 0 radical (unpaired) electrons. The quantitative estimate of drug-likeness (QED) is 0.327. The lowest BCUT2D eigenvalue weighted by atomic mass is 9.86. The third kappa shape index (κ3) is 4.05. The number of esters is 1. The van der Waals surface area contributed by atoms with Gasteiger partial charge in [0.15, 0.2) is 0 Å². The Morgan fingerprint density at radius 3 is 2.64 bits per heavy atom. The van der Waals surface area contributed by atoms with Gasteiger partial charge in [-0.25, -0.2) is 5.48 Å². The molecule has 2 N–H and O–H groups in total. The molecular formula is C15H18N2O5. The highest BCUT2D eigenvalue weighted by Crippen LogP contribution is 2.20. The SMILES string of the molecule is COC(=O)CCC1NC(=O)C1C(=O)NOCc1ccccc1. The zero-order valence-corrected chi connectivity index (χ0v) is 12.2. The smallest absolute Gasteiger partial charge is 0.305 e. The van der Waals surface area contributed by atoms with Crippen LogP contribution in [0.2, 0.25) is 0 Å². The van der Waals surface area contributed by atoms with E-state index in [9.17, 15) is 14.4 Å². The molecule has 1 aliphatic rings. The Hall–Kier alpha value is -2.41. The Balaban J connectivity index is 1.75. The van der Waals surface area contributed by atoms with E-state index in [1.165, 1.54) is 7.11 Å². The Morgan fingerprint density at radius 2 is 2.00 bits per heavy atom. The molecule has 0 aromatic heterocycles. The first-order valence-corrected chi connectivity index (χ1v) is 6.94. The zero-order chi connectivity index (χ0) is 15.9. The van der Waals surface area contributed by atoms with Crippen molar-refractivity contribution < 1.29 is 24.0 Å². The summed E-state index contributed by atoms with van der Waals surface area (Å²) in [6.07, 6.45) is 0.505. The number of benzene rings is 1. The van der Waals surface area contributed by atoms with Gasteiger partial charge in [0.1, 0.15) is 5.92 Å². The Bertz CT molecular complexity index is 546. The van der Waals surface area contributed by atoms with Crippen LogP contribution in [0.4, 0.5) is 0 Å². The molecule has 1 aromatic rings. The van der Waals surface area contributed by atoms with E-state index in [1.807, 2.05) is 30.3 Å². The van der Waals surface area contributed by atoms with Gasteiger partial charge in [-0.2, -0.15) is 0 Å². The van der Waals surface area contributed by atoms with Crippen LogP contribution in [0.15, 0.2) is 30.3 Å². The van der Waals surface area contributed by atoms with Gasteiger partial charge in [-0.1, -0.05) is 30.3 Å². The van der Waals surface area contributed by atoms with E-state index in [0.717, 1.165) is 5.56 Å². The van der Waals surface area contributed by atoms with Gasteiger partial charge in [-0.3, -0.25) is 19.2 Å². The van der Waals surface area contributed by atoms with Crippen LogP contribution in [0.3, 0.4) is 0 Å². The molecule has 2 rings (SSSR count). The molecule has 0 bridgehead atoms. The van der Waals surface area contributed by atoms with E-state index in [4.69, 9.17) is 4.84 Å². The minimum absolute atomic E-state index is 0.149. The molecule has 1 fully saturated rings. The highest BCUT2D eigenvalue weighted by atomic mass is 16.6. The van der Waals surface area contributed by atoms with Crippen LogP contribution in [0.25, 0.3) is 0 Å². The Morgan fingerprint density at radius 1 is 1.27 bits per heavy atom. The van der Waals surface area contributed by atoms with Gasteiger partial charge in [0.2, 0.25) is 5.91 Å². The summed E-state index contributed by atoms with van der Waals surface area (Å²) in [5, 5.41) is 2.60. The molecule has 0 aliphatic carbocycles. The molecule has 0 spiro atoms. The molecule has 1 saturated heterocycles. The van der Waals surface area contributed by atoms with E-state index in [0.29, 0.717) is 6.42 Å². The molecule has 2 unspecified atom stereocenters. The second-order valence-corrected chi connectivity index (χ2v) is 4.95. The maximum Gasteiger partial charge on any atom is 0.305 e. The van der Waals surface area contributed by atoms with Crippen molar-refractivity contribution in [1.82, 2.24) is 10.8 Å². The second kappa shape index (κ2) is 7.56. The van der Waals surface area contributed by atoms with Crippen molar-refractivity contribution in [2.75, 3.05) is 7.11 Å². The number of ether oxygens (including phenoxy) is 1. The molecule has 7 nitrogen and oxygen atoms in total. The summed E-state index contributed by atoms with van der Waals surface area (Å²) < 4.78 is 4.53. The van der Waals surface area contributed by atoms with Crippen LogP contribution in [0.5, 0.6) is 0 Å². The fourth-order valence-corrected chi connectivity index (χ4v) is 2.19. The molecule has 1 aliphatic heterocycles. The summed E-state index contributed by atoms with van der Waals surface area (Å²) in [6, 6.07) is 8.97. The normalized spacial score (nSPS) is 19.8. The topological polar surface area (TPSA) is 93.7 Å². The summed E-state index contributed by atoms with van der Waals surface area (Å²) in [6.45, 7) is 0.216. The van der Waals surface area contributed by atoms with Crippen molar-refractivity contribution in [3.8, 4) is 0 Å². The second-order valence-electron chi connectivity index (χ2n) is 4.95. The van der Waals surface area contributed by atoms with Gasteiger partial charge in [-0.15, -0.1) is 0 Å². The molecule has 1 heterocycles. The van der Waals surface area contributed by atoms with Crippen LogP contribution in [-0.2, 0) is 30.6 Å². The van der Waals surface area contributed by atoms with Crippen LogP contribution in [0, 0.1) is 5.92 Å². The number of nitrogens with one attached hydrogen (secondary N) is 2. The predicted molar refractivity (Wildman–Crippen MR) is 76.0 cm³/mol. The lowest BCUT2D eigenvalue weighted by Gasteiger charge is -2.35. The van der Waals surface area contributed by atoms with Gasteiger partial charge in [0, 0.05) is 6.42 Å². The third-order valence-corrected chi connectivity index (χ3v) is 3.44. The Labute approximate surface area is 127 Å². The number of hydrogen-bond donors (Lipinski definition) is 2. The van der Waals surface area contributed by atoms with E-state index in [2.05, 4.69) is 15.5 Å². The molecule has 7 heteroatoms. The summed E-state index contributed by atoms with van der Waals surface area (Å²) >= 11 is 0. The number of rotatable bonds is 7. The summed E-state index contributed by atoms with van der Waals surface area (Å²) in [5.41, 5.74) is 3.18. The van der Waals surface area contributed by atoms with Crippen molar-refractivity contribution in [2.45, 2.75) is 25.5 Å². The third-order valence-electron chi connectivity index (χ3n) is 3.44. The fraction of sp³-hybridized carbons (Fsp3) is 0.400. The van der Waals surface area contributed by atoms with E-state index >= 15 is 0 Å². The summed E-state index contributed by atoms with van der Waals surface area (Å²) in [7, 11) is 1.29. The lowest BCUT2D eigenvalue weighted by Crippen LogP contribution is -2.63. The first-order chi connectivity index (χ1) is 10.6. The molecule has 2 amide bonds. The Kier molecular flexibility index (Phi) is 5.48. The van der Waals surface area contributed by atoms with Gasteiger partial charge < -0.3 is 10.1 Å². The molecule has 2 atom stereocenters. The van der Waals surface area contributed by atoms with Crippen molar-refractivity contribution in [3.05, 3.63) is 35.9 Å². The number of hydrogen-bond acceptors (Lipinski definition) is 5. The van der Waals surface area contributed by atoms with Crippen LogP contribution in [0.1, 0.15) is 18.4 Å². The fourth-order valence-electron chi connectivity index (χ4n) is 2.19. The lowest BCUT2D eigenvalue weighted by molar-refractivity contribution is -0.154. The average molecular weight is 306 g/mol. The maximum atomic E-state index is 11.9. The molecule has 118 valence electrons. The highest BCUT2D eigenvalue weighted by Gasteiger charge is 2.44. The van der Waals surface area contributed by atoms with Crippen molar-refractivity contribution in [1.29, 1.82) is 0 Å². The number of methoxy groups -OCH3 is 1. The average Bonchev–Trinajstić information content (AvgIpc) is 2.51. The monoisotopic (exact) mass is 306 g/mol. The molecule has 22 heavy (non-hydrogen) atoms. The largest absolute Gasteiger partial charge is 0.469 e. The minimum Gasteiger partial charge on any atom is -0.469 e. The van der Waals surface area contributed by atoms with Crippen molar-refractivity contribution in [3.63, 3.8) is 0 Å². The molecule has 1 aromatic carbocycles.